The topological polar surface area (TPSA) is 54.4 Å². The maximum Gasteiger partial charge on any atom is 0.156 e. The Labute approximate surface area is 264 Å². The summed E-state index contributed by atoms with van der Waals surface area (Å²) < 4.78 is 20.2. The van der Waals surface area contributed by atoms with Gasteiger partial charge in [0.15, 0.2) is 9.03 Å². The van der Waals surface area contributed by atoms with Crippen molar-refractivity contribution in [3.8, 4) is 11.5 Å². The van der Waals surface area contributed by atoms with Crippen LogP contribution in [-0.4, -0.2) is 72.5 Å². The molecule has 3 heterocycles. The van der Waals surface area contributed by atoms with Crippen LogP contribution >= 0.6 is 9.03 Å². The molecule has 2 fully saturated rings. The molecule has 6 nitrogen and oxygen atoms in total. The van der Waals surface area contributed by atoms with Gasteiger partial charge in [0.1, 0.15) is 23.7 Å². The smallest absolute Gasteiger partial charge is 0.156 e. The minimum Gasteiger partial charge on any atom is -0.508 e. The molecule has 8 rings (SSSR count). The standard InChI is InChI=1S/C37H47N2O4P/c1-7-30(26-20-25-29(40)13-12-24-19-27-21(3)36(26,33(24)25)14-16-38(27)5)42-44-43-31(8-2)35-37-15-17-39(6)28(22(37)4)18-23-10-9-11-32(41-35)34(23)37/h7-13,21-22,26-28,30-31,35,40,44H,1-2,14-20H2,3-6H3/t21?,22?,26?,27-,28?,30?,31+,35+,36-,37?/m1/s1. The Morgan fingerprint density at radius 1 is 0.886 bits per heavy atom. The number of phenolic OH excluding ortho intramolecular Hbond substituents is 1. The van der Waals surface area contributed by atoms with Crippen molar-refractivity contribution < 1.29 is 18.9 Å². The first kappa shape index (κ1) is 29.2. The number of fused-ring (bicyclic) bond motifs is 2. The second-order valence-corrected chi connectivity index (χ2v) is 15.3. The molecule has 2 spiro atoms. The van der Waals surface area contributed by atoms with E-state index >= 15 is 0 Å². The van der Waals surface area contributed by atoms with Gasteiger partial charge in [-0.2, -0.15) is 0 Å². The van der Waals surface area contributed by atoms with Gasteiger partial charge >= 0.3 is 0 Å². The van der Waals surface area contributed by atoms with Crippen LogP contribution in [0.2, 0.25) is 0 Å². The summed E-state index contributed by atoms with van der Waals surface area (Å²) in [5.41, 5.74) is 6.63. The van der Waals surface area contributed by atoms with Gasteiger partial charge in [-0.05, 0) is 106 Å². The first-order valence-corrected chi connectivity index (χ1v) is 17.4. The summed E-state index contributed by atoms with van der Waals surface area (Å²) >= 11 is 0. The zero-order valence-electron chi connectivity index (χ0n) is 26.6. The Hall–Kier alpha value is -2.21. The lowest BCUT2D eigenvalue weighted by Crippen LogP contribution is -2.63. The summed E-state index contributed by atoms with van der Waals surface area (Å²) in [6.07, 6.45) is 8.33. The zero-order valence-corrected chi connectivity index (χ0v) is 27.6. The zero-order chi connectivity index (χ0) is 30.5. The number of ether oxygens (including phenoxy) is 1. The average molecular weight is 615 g/mol. The van der Waals surface area contributed by atoms with Crippen LogP contribution in [0, 0.1) is 17.8 Å². The number of hydrogen-bond acceptors (Lipinski definition) is 6. The molecule has 3 aliphatic carbocycles. The first-order chi connectivity index (χ1) is 21.3. The van der Waals surface area contributed by atoms with Crippen molar-refractivity contribution in [2.75, 3.05) is 27.2 Å². The normalized spacial score (nSPS) is 38.2. The van der Waals surface area contributed by atoms with Gasteiger partial charge in [0, 0.05) is 34.4 Å². The quantitative estimate of drug-likeness (QED) is 0.293. The van der Waals surface area contributed by atoms with Gasteiger partial charge in [-0.1, -0.05) is 44.2 Å². The molecule has 2 aromatic carbocycles. The van der Waals surface area contributed by atoms with E-state index in [4.69, 9.17) is 13.8 Å². The van der Waals surface area contributed by atoms with Crippen molar-refractivity contribution in [2.24, 2.45) is 17.8 Å². The molecule has 7 unspecified atom stereocenters. The number of phenols is 1. The van der Waals surface area contributed by atoms with E-state index in [1.807, 2.05) is 18.2 Å². The Morgan fingerprint density at radius 2 is 1.52 bits per heavy atom. The highest BCUT2D eigenvalue weighted by Gasteiger charge is 2.62. The summed E-state index contributed by atoms with van der Waals surface area (Å²) in [4.78, 5) is 5.07. The van der Waals surface area contributed by atoms with Crippen molar-refractivity contribution in [3.05, 3.63) is 83.5 Å². The molecule has 1 N–H and O–H groups in total. The maximum atomic E-state index is 11.0. The van der Waals surface area contributed by atoms with Crippen molar-refractivity contribution >= 4 is 9.03 Å². The molecular formula is C37H47N2O4P. The number of aromatic hydroxyl groups is 1. The third-order valence-electron chi connectivity index (χ3n) is 13.3. The minimum absolute atomic E-state index is 0.0355. The molecular weight excluding hydrogens is 567 g/mol. The van der Waals surface area contributed by atoms with Gasteiger partial charge in [-0.15, -0.1) is 13.2 Å². The molecule has 0 saturated carbocycles. The van der Waals surface area contributed by atoms with Crippen molar-refractivity contribution in [1.29, 1.82) is 0 Å². The third-order valence-corrected chi connectivity index (χ3v) is 14.1. The van der Waals surface area contributed by atoms with E-state index in [-0.39, 0.29) is 44.1 Å². The van der Waals surface area contributed by atoms with Gasteiger partial charge in [-0.25, -0.2) is 0 Å². The lowest BCUT2D eigenvalue weighted by Gasteiger charge is -2.56. The molecule has 2 aromatic rings. The third kappa shape index (κ3) is 3.72. The van der Waals surface area contributed by atoms with Crippen LogP contribution in [0.4, 0.5) is 0 Å². The van der Waals surface area contributed by atoms with Crippen molar-refractivity contribution in [3.63, 3.8) is 0 Å². The van der Waals surface area contributed by atoms with Crippen LogP contribution in [0.25, 0.3) is 0 Å². The van der Waals surface area contributed by atoms with Crippen LogP contribution in [0.5, 0.6) is 11.5 Å². The number of nitrogens with zero attached hydrogens (tertiary/aromatic N) is 2. The van der Waals surface area contributed by atoms with Gasteiger partial charge in [0.25, 0.3) is 0 Å². The maximum absolute atomic E-state index is 11.0. The van der Waals surface area contributed by atoms with Gasteiger partial charge in [0.05, 0.1) is 6.10 Å². The number of benzene rings is 2. The Balaban J connectivity index is 1.05. The Kier molecular flexibility index (Phi) is 6.91. The average Bonchev–Trinajstić information content (AvgIpc) is 3.54. The minimum atomic E-state index is -0.292. The van der Waals surface area contributed by atoms with E-state index in [1.54, 1.807) is 0 Å². The number of rotatable bonds is 8. The van der Waals surface area contributed by atoms with Crippen LogP contribution in [0.3, 0.4) is 0 Å². The molecule has 0 radical (unpaired) electrons. The Bertz CT molecular complexity index is 1510. The summed E-state index contributed by atoms with van der Waals surface area (Å²) in [6.45, 7) is 15.4. The van der Waals surface area contributed by atoms with E-state index < -0.39 is 0 Å². The molecule has 44 heavy (non-hydrogen) atoms. The molecule has 3 aliphatic heterocycles. The van der Waals surface area contributed by atoms with E-state index in [9.17, 15) is 5.11 Å². The number of likely N-dealkylation sites (tertiary alicyclic amines) is 2. The second kappa shape index (κ2) is 10.4. The van der Waals surface area contributed by atoms with Gasteiger partial charge in [0.2, 0.25) is 0 Å². The number of hydrogen-bond donors (Lipinski definition) is 1. The largest absolute Gasteiger partial charge is 0.508 e. The van der Waals surface area contributed by atoms with E-state index in [2.05, 4.69) is 75.2 Å². The highest BCUT2D eigenvalue weighted by atomic mass is 31.1. The summed E-state index contributed by atoms with van der Waals surface area (Å²) in [5.74, 6) is 2.56. The fourth-order valence-corrected chi connectivity index (χ4v) is 11.9. The highest BCUT2D eigenvalue weighted by molar-refractivity contribution is 7.26. The van der Waals surface area contributed by atoms with Crippen LogP contribution < -0.4 is 4.74 Å². The lowest BCUT2D eigenvalue weighted by atomic mass is 9.54. The molecule has 0 aromatic heterocycles. The second-order valence-electron chi connectivity index (χ2n) is 14.6. The lowest BCUT2D eigenvalue weighted by molar-refractivity contribution is -0.0401. The van der Waals surface area contributed by atoms with Crippen molar-refractivity contribution in [2.45, 2.75) is 87.2 Å². The van der Waals surface area contributed by atoms with Crippen molar-refractivity contribution in [1.82, 2.24) is 9.80 Å². The Morgan fingerprint density at radius 3 is 2.23 bits per heavy atom. The fourth-order valence-electron chi connectivity index (χ4n) is 11.1. The van der Waals surface area contributed by atoms with Crippen LogP contribution in [0.15, 0.2) is 55.6 Å². The highest BCUT2D eigenvalue weighted by Crippen LogP contribution is 2.62. The predicted octanol–water partition coefficient (Wildman–Crippen LogP) is 5.94. The van der Waals surface area contributed by atoms with E-state index in [0.29, 0.717) is 29.7 Å². The number of piperidine rings is 2. The molecule has 11 atom stereocenters. The fraction of sp³-hybridized carbons (Fsp3) is 0.568. The van der Waals surface area contributed by atoms with E-state index in [1.165, 1.54) is 22.3 Å². The first-order valence-electron chi connectivity index (χ1n) is 16.6. The molecule has 4 bridgehead atoms. The molecule has 2 saturated heterocycles. The van der Waals surface area contributed by atoms with Gasteiger partial charge in [-0.3, -0.25) is 0 Å². The summed E-state index contributed by atoms with van der Waals surface area (Å²) in [7, 11) is 4.36. The van der Waals surface area contributed by atoms with Crippen LogP contribution in [-0.2, 0) is 39.1 Å². The molecule has 6 aliphatic rings. The summed E-state index contributed by atoms with van der Waals surface area (Å²) in [6, 6.07) is 11.6. The molecule has 0 amide bonds. The van der Waals surface area contributed by atoms with Crippen LogP contribution in [0.1, 0.15) is 54.5 Å². The van der Waals surface area contributed by atoms with Gasteiger partial charge < -0.3 is 28.7 Å². The summed E-state index contributed by atoms with van der Waals surface area (Å²) in [5, 5.41) is 11.0. The molecule has 7 heteroatoms. The van der Waals surface area contributed by atoms with E-state index in [0.717, 1.165) is 56.5 Å². The predicted molar refractivity (Wildman–Crippen MR) is 176 cm³/mol. The SMILES string of the molecule is C=CC(OPO[C@@H](C=C)[C@@H]1Oc2cccc3c2C12CCN(C)C(C3)C2C)C1Cc2c(O)ccc3c2[C@@]12CCN(C)[C@H](C3)C2C. The number of likely N-dealkylation sites (N-methyl/N-ethyl adjacent to an activating group) is 2. The molecule has 234 valence electrons. The monoisotopic (exact) mass is 614 g/mol.